The second kappa shape index (κ2) is 6.12. The van der Waals surface area contributed by atoms with Gasteiger partial charge in [0.15, 0.2) is 0 Å². The van der Waals surface area contributed by atoms with Crippen molar-refractivity contribution in [1.29, 1.82) is 5.26 Å². The second-order valence-corrected chi connectivity index (χ2v) is 4.58. The van der Waals surface area contributed by atoms with E-state index in [0.717, 1.165) is 6.42 Å². The maximum atomic E-state index is 9.73. The van der Waals surface area contributed by atoms with Gasteiger partial charge in [0.1, 0.15) is 0 Å². The van der Waals surface area contributed by atoms with Crippen LogP contribution in [0.5, 0.6) is 0 Å². The summed E-state index contributed by atoms with van der Waals surface area (Å²) in [6, 6.07) is 7.11. The van der Waals surface area contributed by atoms with E-state index >= 15 is 0 Å². The van der Waals surface area contributed by atoms with Crippen LogP contribution in [-0.4, -0.2) is 17.8 Å². The molecule has 0 spiro atoms. The number of rotatable bonds is 5. The summed E-state index contributed by atoms with van der Waals surface area (Å²) in [7, 11) is 0. The van der Waals surface area contributed by atoms with Gasteiger partial charge in [0.25, 0.3) is 0 Å². The van der Waals surface area contributed by atoms with Crippen molar-refractivity contribution in [3.05, 3.63) is 23.8 Å². The van der Waals surface area contributed by atoms with Gasteiger partial charge in [-0.15, -0.1) is 0 Å². The first-order chi connectivity index (χ1) is 8.02. The predicted molar refractivity (Wildman–Crippen MR) is 69.5 cm³/mol. The Kier molecular flexibility index (Phi) is 4.80. The zero-order chi connectivity index (χ0) is 12.8. The lowest BCUT2D eigenvalue weighted by Crippen LogP contribution is -2.21. The SMILES string of the molecule is CC(C)CC(O)CNc1cc(C#N)ccc1N. The first-order valence-electron chi connectivity index (χ1n) is 5.74. The number of nitrogen functional groups attached to an aromatic ring is 1. The van der Waals surface area contributed by atoms with Gasteiger partial charge in [-0.3, -0.25) is 0 Å². The Bertz CT molecular complexity index is 410. The highest BCUT2D eigenvalue weighted by Gasteiger charge is 2.08. The first-order valence-corrected chi connectivity index (χ1v) is 5.74. The molecule has 0 aliphatic heterocycles. The van der Waals surface area contributed by atoms with E-state index in [-0.39, 0.29) is 0 Å². The molecule has 0 saturated carbocycles. The summed E-state index contributed by atoms with van der Waals surface area (Å²) in [6.45, 7) is 4.57. The van der Waals surface area contributed by atoms with Crippen LogP contribution < -0.4 is 11.1 Å². The third-order valence-electron chi connectivity index (χ3n) is 2.45. The van der Waals surface area contributed by atoms with Crippen molar-refractivity contribution in [2.24, 2.45) is 5.92 Å². The number of aliphatic hydroxyl groups excluding tert-OH is 1. The number of hydrogen-bond acceptors (Lipinski definition) is 4. The van der Waals surface area contributed by atoms with Gasteiger partial charge in [0.2, 0.25) is 0 Å². The fraction of sp³-hybridized carbons (Fsp3) is 0.462. The van der Waals surface area contributed by atoms with Gasteiger partial charge in [-0.2, -0.15) is 5.26 Å². The Hall–Kier alpha value is -1.73. The summed E-state index contributed by atoms with van der Waals surface area (Å²) in [5.41, 5.74) is 7.62. The number of nitriles is 1. The first kappa shape index (κ1) is 13.3. The lowest BCUT2D eigenvalue weighted by molar-refractivity contribution is 0.161. The molecule has 0 bridgehead atoms. The molecule has 1 rings (SSSR count). The highest BCUT2D eigenvalue weighted by Crippen LogP contribution is 2.19. The van der Waals surface area contributed by atoms with Crippen LogP contribution in [0.1, 0.15) is 25.8 Å². The van der Waals surface area contributed by atoms with Crippen molar-refractivity contribution in [3.63, 3.8) is 0 Å². The number of nitrogens with zero attached hydrogens (tertiary/aromatic N) is 1. The van der Waals surface area contributed by atoms with Crippen LogP contribution in [0.2, 0.25) is 0 Å². The highest BCUT2D eigenvalue weighted by atomic mass is 16.3. The molecule has 0 saturated heterocycles. The van der Waals surface area contributed by atoms with Crippen molar-refractivity contribution >= 4 is 11.4 Å². The van der Waals surface area contributed by atoms with Crippen LogP contribution in [0.25, 0.3) is 0 Å². The third kappa shape index (κ3) is 4.33. The molecule has 0 radical (unpaired) electrons. The number of anilines is 2. The van der Waals surface area contributed by atoms with E-state index in [1.807, 2.05) is 0 Å². The molecule has 1 atom stereocenters. The molecule has 0 fully saturated rings. The van der Waals surface area contributed by atoms with E-state index < -0.39 is 6.10 Å². The summed E-state index contributed by atoms with van der Waals surface area (Å²) in [4.78, 5) is 0. The van der Waals surface area contributed by atoms with Crippen molar-refractivity contribution in [2.75, 3.05) is 17.6 Å². The van der Waals surface area contributed by atoms with Crippen molar-refractivity contribution in [3.8, 4) is 6.07 Å². The number of nitrogens with one attached hydrogen (secondary N) is 1. The minimum Gasteiger partial charge on any atom is -0.397 e. The molecule has 0 heterocycles. The Morgan fingerprint density at radius 2 is 2.18 bits per heavy atom. The molecule has 4 heteroatoms. The average Bonchev–Trinajstić information content (AvgIpc) is 2.27. The molecule has 0 amide bonds. The summed E-state index contributed by atoms with van der Waals surface area (Å²) in [5, 5.41) is 21.6. The average molecular weight is 233 g/mol. The zero-order valence-corrected chi connectivity index (χ0v) is 10.3. The standard InChI is InChI=1S/C13H19N3O/c1-9(2)5-11(17)8-16-13-6-10(7-14)3-4-12(13)15/h3-4,6,9,11,16-17H,5,8,15H2,1-2H3. The third-order valence-corrected chi connectivity index (χ3v) is 2.45. The van der Waals surface area contributed by atoms with Gasteiger partial charge in [-0.1, -0.05) is 13.8 Å². The molecule has 0 aromatic heterocycles. The lowest BCUT2D eigenvalue weighted by atomic mass is 10.1. The highest BCUT2D eigenvalue weighted by molar-refractivity contribution is 5.68. The summed E-state index contributed by atoms with van der Waals surface area (Å²) in [5.74, 6) is 0.453. The topological polar surface area (TPSA) is 82.1 Å². The minimum atomic E-state index is -0.403. The fourth-order valence-corrected chi connectivity index (χ4v) is 1.63. The smallest absolute Gasteiger partial charge is 0.0992 e. The van der Waals surface area contributed by atoms with Crippen LogP contribution in [0.3, 0.4) is 0 Å². The van der Waals surface area contributed by atoms with Gasteiger partial charge >= 0.3 is 0 Å². The lowest BCUT2D eigenvalue weighted by Gasteiger charge is -2.15. The minimum absolute atomic E-state index is 0.403. The molecule has 1 aromatic rings. The van der Waals surface area contributed by atoms with Gasteiger partial charge in [-0.05, 0) is 30.5 Å². The Labute approximate surface area is 102 Å². The van der Waals surface area contributed by atoms with E-state index in [9.17, 15) is 5.11 Å². The zero-order valence-electron chi connectivity index (χ0n) is 10.3. The molecule has 4 nitrogen and oxygen atoms in total. The molecule has 4 N–H and O–H groups in total. The normalized spacial score (nSPS) is 12.2. The number of hydrogen-bond donors (Lipinski definition) is 3. The molecule has 92 valence electrons. The maximum absolute atomic E-state index is 9.73. The predicted octanol–water partition coefficient (Wildman–Crippen LogP) is 1.96. The molecule has 0 aliphatic rings. The van der Waals surface area contributed by atoms with E-state index in [4.69, 9.17) is 11.0 Å². The molecule has 0 aliphatic carbocycles. The van der Waals surface area contributed by atoms with Gasteiger partial charge < -0.3 is 16.2 Å². The van der Waals surface area contributed by atoms with Crippen molar-refractivity contribution in [2.45, 2.75) is 26.4 Å². The van der Waals surface area contributed by atoms with E-state index in [2.05, 4.69) is 25.2 Å². The molecular weight excluding hydrogens is 214 g/mol. The Morgan fingerprint density at radius 3 is 2.76 bits per heavy atom. The monoisotopic (exact) mass is 233 g/mol. The number of aliphatic hydroxyl groups is 1. The molecule has 17 heavy (non-hydrogen) atoms. The van der Waals surface area contributed by atoms with E-state index in [0.29, 0.717) is 29.4 Å². The van der Waals surface area contributed by atoms with Crippen LogP contribution in [-0.2, 0) is 0 Å². The van der Waals surface area contributed by atoms with Gasteiger partial charge in [-0.25, -0.2) is 0 Å². The number of benzene rings is 1. The van der Waals surface area contributed by atoms with Gasteiger partial charge in [0.05, 0.1) is 29.1 Å². The summed E-state index contributed by atoms with van der Waals surface area (Å²) < 4.78 is 0. The molecule has 1 unspecified atom stereocenters. The van der Waals surface area contributed by atoms with Crippen molar-refractivity contribution < 1.29 is 5.11 Å². The largest absolute Gasteiger partial charge is 0.397 e. The van der Waals surface area contributed by atoms with Crippen molar-refractivity contribution in [1.82, 2.24) is 0 Å². The van der Waals surface area contributed by atoms with Crippen LogP contribution >= 0.6 is 0 Å². The Balaban J connectivity index is 2.60. The maximum Gasteiger partial charge on any atom is 0.0992 e. The molecular formula is C13H19N3O. The summed E-state index contributed by atoms with van der Waals surface area (Å²) >= 11 is 0. The van der Waals surface area contributed by atoms with Crippen LogP contribution in [0.4, 0.5) is 11.4 Å². The molecule has 1 aromatic carbocycles. The van der Waals surface area contributed by atoms with Crippen LogP contribution in [0.15, 0.2) is 18.2 Å². The fourth-order valence-electron chi connectivity index (χ4n) is 1.63. The van der Waals surface area contributed by atoms with E-state index in [1.54, 1.807) is 18.2 Å². The van der Waals surface area contributed by atoms with E-state index in [1.165, 1.54) is 0 Å². The van der Waals surface area contributed by atoms with Crippen LogP contribution in [0, 0.1) is 17.2 Å². The Morgan fingerprint density at radius 1 is 1.47 bits per heavy atom. The summed E-state index contributed by atoms with van der Waals surface area (Å²) in [6.07, 6.45) is 0.338. The number of nitrogens with two attached hydrogens (primary N) is 1. The second-order valence-electron chi connectivity index (χ2n) is 4.58. The quantitative estimate of drug-likeness (QED) is 0.679. The van der Waals surface area contributed by atoms with Gasteiger partial charge in [0, 0.05) is 6.54 Å².